The predicted molar refractivity (Wildman–Crippen MR) is 63.3 cm³/mol. The molecule has 4 nitrogen and oxygen atoms in total. The molecule has 0 aliphatic heterocycles. The third kappa shape index (κ3) is 5.71. The summed E-state index contributed by atoms with van der Waals surface area (Å²) in [5.74, 6) is -0.657. The van der Waals surface area contributed by atoms with E-state index in [9.17, 15) is 18.0 Å². The molecule has 0 radical (unpaired) electrons. The van der Waals surface area contributed by atoms with E-state index in [0.717, 1.165) is 0 Å². The largest absolute Gasteiger partial charge is 0.407 e. The van der Waals surface area contributed by atoms with Crippen LogP contribution in [-0.2, 0) is 9.53 Å². The topological polar surface area (TPSA) is 64.4 Å². The third-order valence-electron chi connectivity index (χ3n) is 2.30. The van der Waals surface area contributed by atoms with Gasteiger partial charge in [-0.25, -0.2) is 0 Å². The first-order valence-electron chi connectivity index (χ1n) is 5.62. The number of primary amides is 1. The van der Waals surface area contributed by atoms with Crippen molar-refractivity contribution in [1.29, 1.82) is 0 Å². The average Bonchev–Trinajstić information content (AvgIpc) is 2.32. The van der Waals surface area contributed by atoms with E-state index in [0.29, 0.717) is 0 Å². The van der Waals surface area contributed by atoms with Crippen LogP contribution in [0.4, 0.5) is 13.2 Å². The van der Waals surface area contributed by atoms with Gasteiger partial charge in [0, 0.05) is 6.54 Å². The Labute approximate surface area is 108 Å². The van der Waals surface area contributed by atoms with Gasteiger partial charge in [-0.2, -0.15) is 13.2 Å². The van der Waals surface area contributed by atoms with E-state index >= 15 is 0 Å². The molecule has 0 saturated heterocycles. The van der Waals surface area contributed by atoms with E-state index in [2.05, 4.69) is 5.32 Å². The summed E-state index contributed by atoms with van der Waals surface area (Å²) in [4.78, 5) is 10.4. The Bertz CT molecular complexity index is 396. The average molecular weight is 276 g/mol. The molecular weight excluding hydrogens is 261 g/mol. The highest BCUT2D eigenvalue weighted by atomic mass is 19.4. The Hall–Kier alpha value is -1.60. The lowest BCUT2D eigenvalue weighted by molar-refractivity contribution is -0.158. The van der Waals surface area contributed by atoms with Crippen LogP contribution in [-0.4, -0.2) is 31.8 Å². The quantitative estimate of drug-likeness (QED) is 0.739. The highest BCUT2D eigenvalue weighted by Crippen LogP contribution is 2.32. The maximum atomic E-state index is 12.9. The minimum absolute atomic E-state index is 0.0254. The summed E-state index contributed by atoms with van der Waals surface area (Å²) in [6, 6.07) is 5.77. The minimum Gasteiger partial charge on any atom is -0.370 e. The monoisotopic (exact) mass is 276 g/mol. The van der Waals surface area contributed by atoms with E-state index < -0.39 is 18.1 Å². The van der Waals surface area contributed by atoms with Gasteiger partial charge < -0.3 is 15.8 Å². The Kier molecular flexibility index (Phi) is 5.78. The third-order valence-corrected chi connectivity index (χ3v) is 2.30. The van der Waals surface area contributed by atoms with Crippen LogP contribution >= 0.6 is 0 Å². The second-order valence-electron chi connectivity index (χ2n) is 3.86. The normalized spacial score (nSPS) is 13.2. The van der Waals surface area contributed by atoms with Crippen molar-refractivity contribution >= 4 is 5.91 Å². The van der Waals surface area contributed by atoms with Gasteiger partial charge in [-0.15, -0.1) is 0 Å². The molecule has 0 fully saturated rings. The lowest BCUT2D eigenvalue weighted by atomic mass is 10.1. The molecule has 1 aromatic carbocycles. The van der Waals surface area contributed by atoms with Crippen LogP contribution in [0, 0.1) is 0 Å². The maximum Gasteiger partial charge on any atom is 0.407 e. The number of benzene rings is 1. The predicted octanol–water partition coefficient (Wildman–Crippen LogP) is 1.38. The number of alkyl halides is 3. The van der Waals surface area contributed by atoms with Crippen molar-refractivity contribution in [1.82, 2.24) is 5.32 Å². The lowest BCUT2D eigenvalue weighted by Gasteiger charge is -2.22. The SMILES string of the molecule is NC(=O)COCCNC(c1ccccc1)C(F)(F)F. The van der Waals surface area contributed by atoms with Gasteiger partial charge in [0.05, 0.1) is 6.61 Å². The fourth-order valence-corrected chi connectivity index (χ4v) is 1.52. The molecule has 1 amide bonds. The summed E-state index contributed by atoms with van der Waals surface area (Å²) in [7, 11) is 0. The Morgan fingerprint density at radius 1 is 1.32 bits per heavy atom. The molecule has 1 aromatic rings. The number of amides is 1. The molecule has 0 aromatic heterocycles. The van der Waals surface area contributed by atoms with Gasteiger partial charge in [0.25, 0.3) is 0 Å². The molecule has 1 atom stereocenters. The number of ether oxygens (including phenoxy) is 1. The van der Waals surface area contributed by atoms with Crippen LogP contribution in [0.3, 0.4) is 0 Å². The van der Waals surface area contributed by atoms with E-state index in [-0.39, 0.29) is 25.3 Å². The molecule has 0 aliphatic carbocycles. The molecule has 0 spiro atoms. The van der Waals surface area contributed by atoms with Gasteiger partial charge in [-0.1, -0.05) is 30.3 Å². The molecular formula is C12H15F3N2O2. The molecule has 19 heavy (non-hydrogen) atoms. The summed E-state index contributed by atoms with van der Waals surface area (Å²) in [6.45, 7) is -0.363. The number of hydrogen-bond acceptors (Lipinski definition) is 3. The second kappa shape index (κ2) is 7.10. The molecule has 0 bridgehead atoms. The fraction of sp³-hybridized carbons (Fsp3) is 0.417. The second-order valence-corrected chi connectivity index (χ2v) is 3.86. The standard InChI is InChI=1S/C12H15F3N2O2/c13-12(14,15)11(9-4-2-1-3-5-9)17-6-7-19-8-10(16)18/h1-5,11,17H,6-8H2,(H2,16,18). The molecule has 0 aliphatic rings. The van der Waals surface area contributed by atoms with Gasteiger partial charge >= 0.3 is 6.18 Å². The van der Waals surface area contributed by atoms with Crippen molar-refractivity contribution < 1.29 is 22.7 Å². The van der Waals surface area contributed by atoms with Gasteiger partial charge in [-0.05, 0) is 5.56 Å². The zero-order valence-corrected chi connectivity index (χ0v) is 10.1. The van der Waals surface area contributed by atoms with Crippen molar-refractivity contribution in [2.24, 2.45) is 5.73 Å². The summed E-state index contributed by atoms with van der Waals surface area (Å²) < 4.78 is 43.4. The van der Waals surface area contributed by atoms with Crippen molar-refractivity contribution in [3.05, 3.63) is 35.9 Å². The van der Waals surface area contributed by atoms with Crippen LogP contribution in [0.2, 0.25) is 0 Å². The summed E-state index contributed by atoms with van der Waals surface area (Å²) in [6.07, 6.45) is -4.40. The van der Waals surface area contributed by atoms with Crippen LogP contribution < -0.4 is 11.1 Å². The van der Waals surface area contributed by atoms with Crippen molar-refractivity contribution in [2.45, 2.75) is 12.2 Å². The molecule has 7 heteroatoms. The molecule has 0 heterocycles. The number of hydrogen-bond donors (Lipinski definition) is 2. The van der Waals surface area contributed by atoms with E-state index in [1.807, 2.05) is 0 Å². The zero-order valence-electron chi connectivity index (χ0n) is 10.1. The number of nitrogens with one attached hydrogen (secondary N) is 1. The van der Waals surface area contributed by atoms with Gasteiger partial charge in [0.2, 0.25) is 5.91 Å². The van der Waals surface area contributed by atoms with Crippen molar-refractivity contribution in [3.63, 3.8) is 0 Å². The summed E-state index contributed by atoms with van der Waals surface area (Å²) >= 11 is 0. The smallest absolute Gasteiger partial charge is 0.370 e. The maximum absolute atomic E-state index is 12.9. The Morgan fingerprint density at radius 3 is 2.47 bits per heavy atom. The van der Waals surface area contributed by atoms with Crippen molar-refractivity contribution in [3.8, 4) is 0 Å². The highest BCUT2D eigenvalue weighted by Gasteiger charge is 2.40. The van der Waals surface area contributed by atoms with Crippen LogP contribution in [0.15, 0.2) is 30.3 Å². The first-order valence-corrected chi connectivity index (χ1v) is 5.62. The number of carbonyl (C=O) groups is 1. The summed E-state index contributed by atoms with van der Waals surface area (Å²) in [5.41, 5.74) is 4.96. The number of halogens is 3. The Morgan fingerprint density at radius 2 is 1.95 bits per heavy atom. The minimum atomic E-state index is -4.40. The molecule has 3 N–H and O–H groups in total. The van der Waals surface area contributed by atoms with Crippen LogP contribution in [0.1, 0.15) is 11.6 Å². The van der Waals surface area contributed by atoms with E-state index in [1.54, 1.807) is 18.2 Å². The number of rotatable bonds is 7. The number of carbonyl (C=O) groups excluding carboxylic acids is 1. The lowest BCUT2D eigenvalue weighted by Crippen LogP contribution is -2.36. The molecule has 106 valence electrons. The molecule has 1 rings (SSSR count). The van der Waals surface area contributed by atoms with Crippen molar-refractivity contribution in [2.75, 3.05) is 19.8 Å². The zero-order chi connectivity index (χ0) is 14.3. The molecule has 0 saturated carbocycles. The van der Waals surface area contributed by atoms with Crippen LogP contribution in [0.25, 0.3) is 0 Å². The number of nitrogens with two attached hydrogens (primary N) is 1. The van der Waals surface area contributed by atoms with Gasteiger partial charge in [-0.3, -0.25) is 4.79 Å². The first-order chi connectivity index (χ1) is 8.91. The van der Waals surface area contributed by atoms with E-state index in [4.69, 9.17) is 10.5 Å². The van der Waals surface area contributed by atoms with Gasteiger partial charge in [0.1, 0.15) is 12.6 Å². The molecule has 1 unspecified atom stereocenters. The highest BCUT2D eigenvalue weighted by molar-refractivity contribution is 5.74. The van der Waals surface area contributed by atoms with Gasteiger partial charge in [0.15, 0.2) is 0 Å². The van der Waals surface area contributed by atoms with Crippen LogP contribution in [0.5, 0.6) is 0 Å². The fourth-order valence-electron chi connectivity index (χ4n) is 1.52. The Balaban J connectivity index is 2.51. The first kappa shape index (κ1) is 15.5. The summed E-state index contributed by atoms with van der Waals surface area (Å²) in [5, 5.41) is 2.35. The van der Waals surface area contributed by atoms with E-state index in [1.165, 1.54) is 12.1 Å².